The average molecular weight is 246 g/mol. The lowest BCUT2D eigenvalue weighted by Crippen LogP contribution is -2.55. The van der Waals surface area contributed by atoms with Crippen molar-refractivity contribution in [2.24, 2.45) is 5.73 Å². The zero-order chi connectivity index (χ0) is 12.2. The molecule has 0 saturated carbocycles. The molecule has 3 N–H and O–H groups in total. The first-order chi connectivity index (χ1) is 7.49. The van der Waals surface area contributed by atoms with Gasteiger partial charge >= 0.3 is 0 Å². The van der Waals surface area contributed by atoms with Crippen molar-refractivity contribution in [2.75, 3.05) is 18.6 Å². The Kier molecular flexibility index (Phi) is 5.08. The maximum Gasteiger partial charge on any atom is 0.237 e. The van der Waals surface area contributed by atoms with Gasteiger partial charge in [-0.05, 0) is 38.7 Å². The molecule has 0 aromatic rings. The van der Waals surface area contributed by atoms with Crippen molar-refractivity contribution in [3.8, 4) is 0 Å². The molecule has 1 saturated heterocycles. The maximum absolute atomic E-state index is 11.9. The number of carbonyl (C=O) groups is 1. The Labute approximate surface area is 102 Å². The van der Waals surface area contributed by atoms with E-state index in [2.05, 4.69) is 5.32 Å². The Hall–Kier alpha value is -0.260. The smallest absolute Gasteiger partial charge is 0.237 e. The van der Waals surface area contributed by atoms with Crippen LogP contribution >= 0.6 is 11.8 Å². The van der Waals surface area contributed by atoms with Crippen molar-refractivity contribution in [2.45, 2.75) is 44.4 Å². The van der Waals surface area contributed by atoms with Gasteiger partial charge in [0.2, 0.25) is 5.91 Å². The Morgan fingerprint density at radius 2 is 2.44 bits per heavy atom. The van der Waals surface area contributed by atoms with Gasteiger partial charge in [0.25, 0.3) is 0 Å². The van der Waals surface area contributed by atoms with E-state index in [1.165, 1.54) is 0 Å². The first-order valence-electron chi connectivity index (χ1n) is 5.68. The van der Waals surface area contributed by atoms with E-state index in [9.17, 15) is 4.79 Å². The monoisotopic (exact) mass is 246 g/mol. The summed E-state index contributed by atoms with van der Waals surface area (Å²) in [6, 6.07) is -0.405. The summed E-state index contributed by atoms with van der Waals surface area (Å²) in [5.41, 5.74) is 5.56. The van der Waals surface area contributed by atoms with Gasteiger partial charge in [-0.25, -0.2) is 0 Å². The van der Waals surface area contributed by atoms with Crippen molar-refractivity contribution in [3.63, 3.8) is 0 Å². The molecule has 0 spiro atoms. The molecule has 5 heteroatoms. The van der Waals surface area contributed by atoms with Crippen molar-refractivity contribution >= 4 is 17.7 Å². The molecule has 3 atom stereocenters. The van der Waals surface area contributed by atoms with Gasteiger partial charge in [-0.15, -0.1) is 0 Å². The number of nitrogens with one attached hydrogen (secondary N) is 1. The number of hydrogen-bond acceptors (Lipinski definition) is 4. The fourth-order valence-corrected chi connectivity index (χ4v) is 2.24. The molecule has 2 unspecified atom stereocenters. The standard InChI is InChI=1S/C11H22N2O2S/c1-8-11(2,5-6-15-8)13-10(14)9(12)4-7-16-3/h8-9H,4-7,12H2,1-3H3,(H,13,14)/t8?,9-,11?/m0/s1. The molecule has 1 aliphatic heterocycles. The van der Waals surface area contributed by atoms with E-state index in [1.807, 2.05) is 20.1 Å². The van der Waals surface area contributed by atoms with Crippen LogP contribution < -0.4 is 11.1 Å². The fraction of sp³-hybridized carbons (Fsp3) is 0.909. The van der Waals surface area contributed by atoms with E-state index in [4.69, 9.17) is 10.5 Å². The molecule has 4 nitrogen and oxygen atoms in total. The van der Waals surface area contributed by atoms with Crippen LogP contribution in [0.2, 0.25) is 0 Å². The summed E-state index contributed by atoms with van der Waals surface area (Å²) in [5.74, 6) is 0.853. The van der Waals surface area contributed by atoms with E-state index in [1.54, 1.807) is 11.8 Å². The topological polar surface area (TPSA) is 64.4 Å². The summed E-state index contributed by atoms with van der Waals surface area (Å²) in [5, 5.41) is 3.02. The van der Waals surface area contributed by atoms with Crippen molar-refractivity contribution in [3.05, 3.63) is 0 Å². The fourth-order valence-electron chi connectivity index (χ4n) is 1.75. The first kappa shape index (κ1) is 13.8. The largest absolute Gasteiger partial charge is 0.376 e. The van der Waals surface area contributed by atoms with Crippen LogP contribution in [0.3, 0.4) is 0 Å². The van der Waals surface area contributed by atoms with Crippen molar-refractivity contribution in [1.29, 1.82) is 0 Å². The van der Waals surface area contributed by atoms with Crippen LogP contribution in [0.25, 0.3) is 0 Å². The quantitative estimate of drug-likeness (QED) is 0.751. The molecule has 0 aliphatic carbocycles. The van der Waals surface area contributed by atoms with Gasteiger partial charge in [0.15, 0.2) is 0 Å². The lowest BCUT2D eigenvalue weighted by molar-refractivity contribution is -0.124. The number of nitrogens with two attached hydrogens (primary N) is 1. The van der Waals surface area contributed by atoms with Gasteiger partial charge in [0.1, 0.15) is 0 Å². The van der Waals surface area contributed by atoms with Crippen molar-refractivity contribution < 1.29 is 9.53 Å². The summed E-state index contributed by atoms with van der Waals surface area (Å²) in [6.07, 6.45) is 3.65. The number of carbonyl (C=O) groups excluding carboxylic acids is 1. The summed E-state index contributed by atoms with van der Waals surface area (Å²) >= 11 is 1.71. The molecule has 1 fully saturated rings. The molecular formula is C11H22N2O2S. The minimum atomic E-state index is -0.405. The molecule has 0 bridgehead atoms. The Bertz CT molecular complexity index is 250. The van der Waals surface area contributed by atoms with Gasteiger partial charge in [0.05, 0.1) is 17.7 Å². The number of amides is 1. The number of rotatable bonds is 5. The third kappa shape index (κ3) is 3.37. The second kappa shape index (κ2) is 5.89. The highest BCUT2D eigenvalue weighted by Gasteiger charge is 2.38. The second-order valence-electron chi connectivity index (χ2n) is 4.56. The summed E-state index contributed by atoms with van der Waals surface area (Å²) < 4.78 is 5.47. The molecule has 94 valence electrons. The van der Waals surface area contributed by atoms with Crippen LogP contribution in [0.5, 0.6) is 0 Å². The van der Waals surface area contributed by atoms with Gasteiger partial charge in [0, 0.05) is 6.61 Å². The highest BCUT2D eigenvalue weighted by Crippen LogP contribution is 2.25. The minimum absolute atomic E-state index is 0.0594. The Morgan fingerprint density at radius 1 is 1.75 bits per heavy atom. The predicted octanol–water partition coefficient (Wildman–Crippen LogP) is 0.750. The number of hydrogen-bond donors (Lipinski definition) is 2. The zero-order valence-electron chi connectivity index (χ0n) is 10.3. The van der Waals surface area contributed by atoms with Crippen LogP contribution in [0.15, 0.2) is 0 Å². The Balaban J connectivity index is 2.44. The van der Waals surface area contributed by atoms with Gasteiger partial charge < -0.3 is 15.8 Å². The van der Waals surface area contributed by atoms with Crippen LogP contribution in [-0.4, -0.2) is 42.2 Å². The summed E-state index contributed by atoms with van der Waals surface area (Å²) in [6.45, 7) is 4.71. The molecule has 1 heterocycles. The SMILES string of the molecule is CSCC[C@H](N)C(=O)NC1(C)CCOC1C. The zero-order valence-corrected chi connectivity index (χ0v) is 11.1. The van der Waals surface area contributed by atoms with Gasteiger partial charge in [-0.1, -0.05) is 0 Å². The molecule has 0 radical (unpaired) electrons. The molecule has 16 heavy (non-hydrogen) atoms. The number of thioether (sulfide) groups is 1. The molecule has 1 aliphatic rings. The van der Waals surface area contributed by atoms with Crippen LogP contribution in [0, 0.1) is 0 Å². The van der Waals surface area contributed by atoms with E-state index < -0.39 is 6.04 Å². The summed E-state index contributed by atoms with van der Waals surface area (Å²) in [4.78, 5) is 11.9. The molecule has 0 aromatic heterocycles. The van der Waals surface area contributed by atoms with Gasteiger partial charge in [-0.2, -0.15) is 11.8 Å². The molecule has 1 rings (SSSR count). The van der Waals surface area contributed by atoms with E-state index in [0.29, 0.717) is 6.61 Å². The van der Waals surface area contributed by atoms with E-state index in [-0.39, 0.29) is 17.6 Å². The molecule has 0 aromatic carbocycles. The second-order valence-corrected chi connectivity index (χ2v) is 5.54. The van der Waals surface area contributed by atoms with Gasteiger partial charge in [-0.3, -0.25) is 4.79 Å². The lowest BCUT2D eigenvalue weighted by Gasteiger charge is -2.30. The average Bonchev–Trinajstić information content (AvgIpc) is 2.55. The normalized spacial score (nSPS) is 31.4. The maximum atomic E-state index is 11.9. The van der Waals surface area contributed by atoms with E-state index >= 15 is 0 Å². The minimum Gasteiger partial charge on any atom is -0.376 e. The highest BCUT2D eigenvalue weighted by molar-refractivity contribution is 7.98. The van der Waals surface area contributed by atoms with Crippen LogP contribution in [0.4, 0.5) is 0 Å². The first-order valence-corrected chi connectivity index (χ1v) is 7.07. The number of ether oxygens (including phenoxy) is 1. The van der Waals surface area contributed by atoms with Crippen molar-refractivity contribution in [1.82, 2.24) is 5.32 Å². The predicted molar refractivity (Wildman–Crippen MR) is 67.6 cm³/mol. The third-order valence-electron chi connectivity index (χ3n) is 3.27. The Morgan fingerprint density at radius 3 is 2.94 bits per heavy atom. The van der Waals surface area contributed by atoms with E-state index in [0.717, 1.165) is 18.6 Å². The van der Waals surface area contributed by atoms with Crippen LogP contribution in [0.1, 0.15) is 26.7 Å². The lowest BCUT2D eigenvalue weighted by atomic mass is 9.94. The third-order valence-corrected chi connectivity index (χ3v) is 3.91. The van der Waals surface area contributed by atoms with Crippen LogP contribution in [-0.2, 0) is 9.53 Å². The molecule has 1 amide bonds. The summed E-state index contributed by atoms with van der Waals surface area (Å²) in [7, 11) is 0. The molecular weight excluding hydrogens is 224 g/mol. The highest BCUT2D eigenvalue weighted by atomic mass is 32.2.